The fraction of sp³-hybridized carbons (Fsp3) is 0.375. The molecule has 2 aliphatic heterocycles. The summed E-state index contributed by atoms with van der Waals surface area (Å²) < 4.78 is 13.4. The van der Waals surface area contributed by atoms with Crippen molar-refractivity contribution in [2.75, 3.05) is 20.3 Å². The Morgan fingerprint density at radius 1 is 1.10 bits per heavy atom. The molecule has 1 N–H and O–H groups in total. The molecule has 0 saturated carbocycles. The van der Waals surface area contributed by atoms with Gasteiger partial charge in [0.25, 0.3) is 5.91 Å². The summed E-state index contributed by atoms with van der Waals surface area (Å²) >= 11 is 0. The Balaban J connectivity index is 1.52. The molecule has 0 spiro atoms. The second-order valence-corrected chi connectivity index (χ2v) is 7.89. The van der Waals surface area contributed by atoms with Crippen LogP contribution in [0.25, 0.3) is 0 Å². The van der Waals surface area contributed by atoms with E-state index in [1.54, 1.807) is 24.3 Å². The van der Waals surface area contributed by atoms with Gasteiger partial charge in [0.1, 0.15) is 12.1 Å². The average Bonchev–Trinajstić information content (AvgIpc) is 3.07. The SMILES string of the molecule is COC(=O)[C@]1(NC(=O)c2ccccc2)CCC2=[N+](CC1)[C@@H](Cc1ccccc1)CO2. The van der Waals surface area contributed by atoms with Gasteiger partial charge in [-0.1, -0.05) is 48.5 Å². The van der Waals surface area contributed by atoms with Crippen molar-refractivity contribution in [1.82, 2.24) is 5.32 Å². The molecule has 6 nitrogen and oxygen atoms in total. The number of nitrogens with one attached hydrogen (secondary N) is 1. The maximum absolute atomic E-state index is 12.8. The van der Waals surface area contributed by atoms with Crippen LogP contribution in [0.15, 0.2) is 60.7 Å². The predicted octanol–water partition coefficient (Wildman–Crippen LogP) is 2.56. The Morgan fingerprint density at radius 3 is 2.50 bits per heavy atom. The van der Waals surface area contributed by atoms with Gasteiger partial charge in [-0.3, -0.25) is 4.79 Å². The van der Waals surface area contributed by atoms with Crippen molar-refractivity contribution in [3.8, 4) is 0 Å². The van der Waals surface area contributed by atoms with E-state index in [0.717, 1.165) is 12.3 Å². The molecule has 2 heterocycles. The number of nitrogens with zero attached hydrogens (tertiary/aromatic N) is 1. The third kappa shape index (κ3) is 4.08. The Labute approximate surface area is 176 Å². The van der Waals surface area contributed by atoms with Crippen molar-refractivity contribution < 1.29 is 23.6 Å². The van der Waals surface area contributed by atoms with E-state index in [2.05, 4.69) is 22.0 Å². The summed E-state index contributed by atoms with van der Waals surface area (Å²) in [7, 11) is 1.37. The molecule has 0 aromatic heterocycles. The van der Waals surface area contributed by atoms with Crippen LogP contribution in [0, 0.1) is 0 Å². The van der Waals surface area contributed by atoms with Crippen LogP contribution in [0.5, 0.6) is 0 Å². The van der Waals surface area contributed by atoms with Crippen LogP contribution >= 0.6 is 0 Å². The summed E-state index contributed by atoms with van der Waals surface area (Å²) in [6.07, 6.45) is 2.37. The Bertz CT molecular complexity index is 942. The molecule has 2 aromatic rings. The molecule has 1 amide bonds. The molecular weight excluding hydrogens is 380 g/mol. The molecule has 0 bridgehead atoms. The van der Waals surface area contributed by atoms with Crippen molar-refractivity contribution >= 4 is 17.8 Å². The third-order valence-electron chi connectivity index (χ3n) is 6.03. The summed E-state index contributed by atoms with van der Waals surface area (Å²) in [5, 5.41) is 2.98. The highest BCUT2D eigenvalue weighted by Crippen LogP contribution is 2.27. The summed E-state index contributed by atoms with van der Waals surface area (Å²) in [5.74, 6) is 0.221. The number of rotatable bonds is 5. The van der Waals surface area contributed by atoms with Gasteiger partial charge >= 0.3 is 11.9 Å². The lowest BCUT2D eigenvalue weighted by Crippen LogP contribution is -2.55. The minimum Gasteiger partial charge on any atom is -0.467 e. The molecule has 2 aromatic carbocycles. The minimum atomic E-state index is -1.07. The van der Waals surface area contributed by atoms with Crippen LogP contribution in [0.2, 0.25) is 0 Å². The van der Waals surface area contributed by atoms with Crippen LogP contribution in [0.4, 0.5) is 0 Å². The van der Waals surface area contributed by atoms with Gasteiger partial charge in [-0.2, -0.15) is 4.58 Å². The Hall–Kier alpha value is -3.15. The van der Waals surface area contributed by atoms with E-state index in [9.17, 15) is 9.59 Å². The number of carbonyl (C=O) groups is 2. The monoisotopic (exact) mass is 407 g/mol. The largest absolute Gasteiger partial charge is 0.467 e. The lowest BCUT2D eigenvalue weighted by molar-refractivity contribution is -0.556. The van der Waals surface area contributed by atoms with Crippen molar-refractivity contribution in [3.63, 3.8) is 0 Å². The molecule has 0 unspecified atom stereocenters. The summed E-state index contributed by atoms with van der Waals surface area (Å²) in [5.41, 5.74) is 0.712. The normalized spacial score (nSPS) is 23.2. The summed E-state index contributed by atoms with van der Waals surface area (Å²) in [6, 6.07) is 19.5. The average molecular weight is 407 g/mol. The maximum atomic E-state index is 12.8. The Morgan fingerprint density at radius 2 is 1.80 bits per heavy atom. The molecule has 0 fully saturated rings. The second kappa shape index (κ2) is 8.69. The smallest absolute Gasteiger partial charge is 0.336 e. The zero-order valence-corrected chi connectivity index (χ0v) is 17.2. The first-order valence-electron chi connectivity index (χ1n) is 10.4. The van der Waals surface area contributed by atoms with Gasteiger partial charge in [-0.15, -0.1) is 0 Å². The highest BCUT2D eigenvalue weighted by Gasteiger charge is 2.48. The zero-order valence-electron chi connectivity index (χ0n) is 17.2. The lowest BCUT2D eigenvalue weighted by Gasteiger charge is -2.30. The number of hydrogen-bond acceptors (Lipinski definition) is 4. The fourth-order valence-electron chi connectivity index (χ4n) is 4.36. The molecule has 30 heavy (non-hydrogen) atoms. The van der Waals surface area contributed by atoms with Crippen molar-refractivity contribution in [1.29, 1.82) is 0 Å². The van der Waals surface area contributed by atoms with E-state index < -0.39 is 11.5 Å². The fourth-order valence-corrected chi connectivity index (χ4v) is 4.36. The van der Waals surface area contributed by atoms with E-state index in [0.29, 0.717) is 38.0 Å². The number of carbonyl (C=O) groups excluding carboxylic acids is 2. The highest BCUT2D eigenvalue weighted by molar-refractivity contribution is 5.98. The number of methoxy groups -OCH3 is 1. The summed E-state index contributed by atoms with van der Waals surface area (Å²) in [6.45, 7) is 1.27. The van der Waals surface area contributed by atoms with Gasteiger partial charge in [0.15, 0.2) is 12.6 Å². The van der Waals surface area contributed by atoms with Crippen LogP contribution in [-0.4, -0.2) is 54.2 Å². The topological polar surface area (TPSA) is 67.6 Å². The van der Waals surface area contributed by atoms with Gasteiger partial charge in [0.2, 0.25) is 0 Å². The van der Waals surface area contributed by atoms with Crippen LogP contribution in [0.1, 0.15) is 35.2 Å². The van der Waals surface area contributed by atoms with Crippen molar-refractivity contribution in [2.24, 2.45) is 0 Å². The molecule has 0 aliphatic carbocycles. The molecular formula is C24H27N2O4+. The van der Waals surface area contributed by atoms with Gasteiger partial charge in [0, 0.05) is 18.4 Å². The number of ether oxygens (including phenoxy) is 2. The molecule has 2 atom stereocenters. The first kappa shape index (κ1) is 20.1. The zero-order chi connectivity index (χ0) is 21.0. The van der Waals surface area contributed by atoms with E-state index in [-0.39, 0.29) is 11.9 Å². The van der Waals surface area contributed by atoms with E-state index in [4.69, 9.17) is 9.47 Å². The molecule has 0 radical (unpaired) electrons. The van der Waals surface area contributed by atoms with Crippen molar-refractivity contribution in [3.05, 3.63) is 71.8 Å². The lowest BCUT2D eigenvalue weighted by atomic mass is 9.89. The van der Waals surface area contributed by atoms with E-state index >= 15 is 0 Å². The van der Waals surface area contributed by atoms with Crippen LogP contribution in [-0.2, 0) is 20.7 Å². The first-order valence-corrected chi connectivity index (χ1v) is 10.4. The summed E-state index contributed by atoms with van der Waals surface area (Å²) in [4.78, 5) is 25.6. The van der Waals surface area contributed by atoms with Gasteiger partial charge in [-0.25, -0.2) is 4.79 Å². The molecule has 4 rings (SSSR count). The number of esters is 1. The maximum Gasteiger partial charge on any atom is 0.336 e. The molecule has 2 aliphatic rings. The number of hydrogen-bond donors (Lipinski definition) is 1. The highest BCUT2D eigenvalue weighted by atomic mass is 16.5. The molecule has 0 saturated heterocycles. The van der Waals surface area contributed by atoms with Crippen LogP contribution in [0.3, 0.4) is 0 Å². The van der Waals surface area contributed by atoms with E-state index in [1.165, 1.54) is 12.7 Å². The van der Waals surface area contributed by atoms with Crippen molar-refractivity contribution in [2.45, 2.75) is 37.3 Å². The van der Waals surface area contributed by atoms with E-state index in [1.807, 2.05) is 24.3 Å². The van der Waals surface area contributed by atoms with Gasteiger partial charge in [-0.05, 0) is 24.1 Å². The quantitative estimate of drug-likeness (QED) is 0.611. The van der Waals surface area contributed by atoms with Crippen LogP contribution < -0.4 is 5.32 Å². The standard InChI is InChI=1S/C24H26N2O4/c1-29-23(28)24(25-22(27)19-10-6-3-7-11-19)13-12-21-26(15-14-24)20(17-30-21)16-18-8-4-2-5-9-18/h2-11,20H,12-17H2,1H3/p+1/t20-,24-/m0/s1. The minimum absolute atomic E-state index is 0.223. The molecule has 6 heteroatoms. The van der Waals surface area contributed by atoms with Gasteiger partial charge < -0.3 is 14.8 Å². The third-order valence-corrected chi connectivity index (χ3v) is 6.03. The first-order chi connectivity index (χ1) is 14.6. The second-order valence-electron chi connectivity index (χ2n) is 7.89. The number of benzene rings is 2. The Kier molecular flexibility index (Phi) is 5.84. The molecule has 156 valence electrons. The van der Waals surface area contributed by atoms with Gasteiger partial charge in [0.05, 0.1) is 13.5 Å². The number of amides is 1. The predicted molar refractivity (Wildman–Crippen MR) is 113 cm³/mol.